The second kappa shape index (κ2) is 11.3. The average Bonchev–Trinajstić information content (AvgIpc) is 2.15. The summed E-state index contributed by atoms with van der Waals surface area (Å²) in [5, 5.41) is 0. The van der Waals surface area contributed by atoms with Crippen LogP contribution in [0, 0.1) is 0 Å². The summed E-state index contributed by atoms with van der Waals surface area (Å²) in [5.41, 5.74) is 0.986. The van der Waals surface area contributed by atoms with Gasteiger partial charge in [0, 0.05) is 9.52 Å². The maximum Gasteiger partial charge on any atom is 0.0307 e. The first-order valence-electron chi connectivity index (χ1n) is 6.60. The zero-order valence-corrected chi connectivity index (χ0v) is 11.7. The molecule has 0 amide bonds. The minimum Gasteiger partial charge on any atom is -0.0656 e. The summed E-state index contributed by atoms with van der Waals surface area (Å²) >= 11 is 0. The Balaban J connectivity index is 2.85. The first kappa shape index (κ1) is 14.2. The molecule has 0 saturated carbocycles. The maximum absolute atomic E-state index is 2.36. The first-order chi connectivity index (χ1) is 6.77. The Morgan fingerprint density at radius 1 is 0.786 bits per heavy atom. The van der Waals surface area contributed by atoms with E-state index in [0.29, 0.717) is 0 Å². The Bertz CT molecular complexity index is 99.4. The molecular weight excluding hydrogens is 184 g/mol. The molecule has 0 fully saturated rings. The van der Waals surface area contributed by atoms with Crippen LogP contribution in [0.1, 0.15) is 72.1 Å². The summed E-state index contributed by atoms with van der Waals surface area (Å²) in [4.78, 5) is 0. The van der Waals surface area contributed by atoms with Crippen LogP contribution < -0.4 is 0 Å². The van der Waals surface area contributed by atoms with E-state index < -0.39 is 0 Å². The summed E-state index contributed by atoms with van der Waals surface area (Å²) in [5.74, 6) is 0. The fraction of sp³-hybridized carbons (Fsp3) is 1.00. The maximum atomic E-state index is 2.36. The molecule has 0 N–H and O–H groups in total. The van der Waals surface area contributed by atoms with Crippen molar-refractivity contribution in [2.24, 2.45) is 0 Å². The molecule has 0 spiro atoms. The Hall–Kier alpha value is 0.217. The van der Waals surface area contributed by atoms with Gasteiger partial charge in [-0.1, -0.05) is 83.7 Å². The second-order valence-corrected chi connectivity index (χ2v) is 7.13. The molecule has 0 rings (SSSR count). The Morgan fingerprint density at radius 3 is 1.79 bits per heavy atom. The lowest BCUT2D eigenvalue weighted by molar-refractivity contribution is 0.584. The second-order valence-electron chi connectivity index (χ2n) is 4.74. The van der Waals surface area contributed by atoms with Gasteiger partial charge in [-0.05, 0) is 0 Å². The SMILES string of the molecule is CCCCCCCCCC[SiH]C(C)C. The molecule has 1 radical (unpaired) electrons. The lowest BCUT2D eigenvalue weighted by Gasteiger charge is -2.03. The Labute approximate surface area is 93.7 Å². The van der Waals surface area contributed by atoms with Gasteiger partial charge in [0.15, 0.2) is 0 Å². The van der Waals surface area contributed by atoms with E-state index in [-0.39, 0.29) is 0 Å². The van der Waals surface area contributed by atoms with Gasteiger partial charge in [-0.2, -0.15) is 0 Å². The summed E-state index contributed by atoms with van der Waals surface area (Å²) < 4.78 is 0. The number of rotatable bonds is 10. The summed E-state index contributed by atoms with van der Waals surface area (Å²) in [7, 11) is 0.750. The fourth-order valence-electron chi connectivity index (χ4n) is 1.73. The van der Waals surface area contributed by atoms with E-state index >= 15 is 0 Å². The van der Waals surface area contributed by atoms with Crippen LogP contribution >= 0.6 is 0 Å². The van der Waals surface area contributed by atoms with Gasteiger partial charge in [-0.3, -0.25) is 0 Å². The Kier molecular flexibility index (Phi) is 11.5. The largest absolute Gasteiger partial charge is 0.0656 e. The van der Waals surface area contributed by atoms with Crippen LogP contribution in [0.2, 0.25) is 11.6 Å². The van der Waals surface area contributed by atoms with Crippen LogP contribution in [0.5, 0.6) is 0 Å². The Morgan fingerprint density at radius 2 is 1.29 bits per heavy atom. The molecule has 0 saturated heterocycles. The smallest absolute Gasteiger partial charge is 0.0307 e. The molecule has 0 aliphatic carbocycles. The van der Waals surface area contributed by atoms with E-state index in [1.807, 2.05) is 0 Å². The van der Waals surface area contributed by atoms with Crippen molar-refractivity contribution < 1.29 is 0 Å². The average molecular weight is 213 g/mol. The minimum atomic E-state index is 0.750. The van der Waals surface area contributed by atoms with Gasteiger partial charge in [-0.25, -0.2) is 0 Å². The molecule has 0 aliphatic rings. The van der Waals surface area contributed by atoms with Gasteiger partial charge >= 0.3 is 0 Å². The van der Waals surface area contributed by atoms with Gasteiger partial charge in [-0.15, -0.1) is 0 Å². The van der Waals surface area contributed by atoms with Crippen molar-refractivity contribution in [2.75, 3.05) is 0 Å². The lowest BCUT2D eigenvalue weighted by atomic mass is 10.1. The van der Waals surface area contributed by atoms with Crippen molar-refractivity contribution in [1.82, 2.24) is 0 Å². The molecule has 0 aromatic rings. The predicted octanol–water partition coefficient (Wildman–Crippen LogP) is 4.81. The van der Waals surface area contributed by atoms with E-state index in [1.165, 1.54) is 57.4 Å². The summed E-state index contributed by atoms with van der Waals surface area (Å²) in [6.07, 6.45) is 11.7. The fourth-order valence-corrected chi connectivity index (χ4v) is 2.92. The zero-order chi connectivity index (χ0) is 10.6. The van der Waals surface area contributed by atoms with E-state index in [9.17, 15) is 0 Å². The highest BCUT2D eigenvalue weighted by atomic mass is 28.2. The molecule has 0 nitrogen and oxygen atoms in total. The predicted molar refractivity (Wildman–Crippen MR) is 69.7 cm³/mol. The number of hydrogen-bond acceptors (Lipinski definition) is 0. The van der Waals surface area contributed by atoms with Crippen molar-refractivity contribution >= 4 is 9.52 Å². The zero-order valence-electron chi connectivity index (χ0n) is 10.5. The van der Waals surface area contributed by atoms with Gasteiger partial charge in [0.1, 0.15) is 0 Å². The molecule has 0 unspecified atom stereocenters. The van der Waals surface area contributed by atoms with Crippen LogP contribution in [0.25, 0.3) is 0 Å². The minimum absolute atomic E-state index is 0.750. The van der Waals surface area contributed by atoms with E-state index in [4.69, 9.17) is 0 Å². The van der Waals surface area contributed by atoms with Crippen LogP contribution in [0.15, 0.2) is 0 Å². The van der Waals surface area contributed by atoms with Crippen molar-refractivity contribution in [2.45, 2.75) is 83.7 Å². The molecule has 1 heteroatoms. The van der Waals surface area contributed by atoms with Gasteiger partial charge in [0.05, 0.1) is 0 Å². The molecule has 85 valence electrons. The highest BCUT2D eigenvalue weighted by molar-refractivity contribution is 6.37. The third-order valence-corrected chi connectivity index (χ3v) is 4.38. The van der Waals surface area contributed by atoms with Crippen molar-refractivity contribution in [1.29, 1.82) is 0 Å². The topological polar surface area (TPSA) is 0 Å². The number of hydrogen-bond donors (Lipinski definition) is 0. The molecule has 0 bridgehead atoms. The summed E-state index contributed by atoms with van der Waals surface area (Å²) in [6.45, 7) is 7.01. The van der Waals surface area contributed by atoms with E-state index in [2.05, 4.69) is 20.8 Å². The van der Waals surface area contributed by atoms with Crippen molar-refractivity contribution in [3.8, 4) is 0 Å². The highest BCUT2D eigenvalue weighted by Crippen LogP contribution is 2.11. The quantitative estimate of drug-likeness (QED) is 0.361. The molecule has 0 aliphatic heterocycles. The summed E-state index contributed by atoms with van der Waals surface area (Å²) in [6, 6.07) is 1.53. The molecule has 0 aromatic carbocycles. The standard InChI is InChI=1S/C13H29Si/c1-4-5-6-7-8-9-10-11-12-14-13(2)3/h13-14H,4-12H2,1-3H3. The van der Waals surface area contributed by atoms with E-state index in [1.54, 1.807) is 0 Å². The molecule has 0 aromatic heterocycles. The van der Waals surface area contributed by atoms with Crippen LogP contribution in [0.4, 0.5) is 0 Å². The normalized spacial score (nSPS) is 11.1. The first-order valence-corrected chi connectivity index (χ1v) is 8.09. The van der Waals surface area contributed by atoms with Gasteiger partial charge in [0.2, 0.25) is 0 Å². The van der Waals surface area contributed by atoms with Crippen LogP contribution in [0.3, 0.4) is 0 Å². The molecule has 0 atom stereocenters. The highest BCUT2D eigenvalue weighted by Gasteiger charge is 1.95. The third-order valence-electron chi connectivity index (χ3n) is 2.70. The molecule has 14 heavy (non-hydrogen) atoms. The molecular formula is C13H29Si. The number of unbranched alkanes of at least 4 members (excludes halogenated alkanes) is 7. The third kappa shape index (κ3) is 12.2. The van der Waals surface area contributed by atoms with Crippen molar-refractivity contribution in [3.05, 3.63) is 0 Å². The lowest BCUT2D eigenvalue weighted by Crippen LogP contribution is -1.94. The van der Waals surface area contributed by atoms with Crippen LogP contribution in [-0.4, -0.2) is 9.52 Å². The monoisotopic (exact) mass is 213 g/mol. The van der Waals surface area contributed by atoms with Crippen molar-refractivity contribution in [3.63, 3.8) is 0 Å². The van der Waals surface area contributed by atoms with Gasteiger partial charge in [0.25, 0.3) is 0 Å². The van der Waals surface area contributed by atoms with Crippen LogP contribution in [-0.2, 0) is 0 Å². The van der Waals surface area contributed by atoms with Gasteiger partial charge < -0.3 is 0 Å². The molecule has 0 heterocycles. The van der Waals surface area contributed by atoms with E-state index in [0.717, 1.165) is 15.1 Å².